The van der Waals surface area contributed by atoms with E-state index in [1.54, 1.807) is 25.2 Å². The zero-order chi connectivity index (χ0) is 17.8. The summed E-state index contributed by atoms with van der Waals surface area (Å²) in [5, 5.41) is 15.6. The largest absolute Gasteiger partial charge is 0.457 e. The molecule has 3 aromatic heterocycles. The first-order valence-electron chi connectivity index (χ1n) is 7.55. The summed E-state index contributed by atoms with van der Waals surface area (Å²) in [6.07, 6.45) is 0.323. The van der Waals surface area contributed by atoms with Crippen molar-refractivity contribution in [1.29, 1.82) is 0 Å². The minimum atomic E-state index is -0.813. The van der Waals surface area contributed by atoms with Crippen molar-refractivity contribution in [2.45, 2.75) is 13.0 Å². The fraction of sp³-hybridized carbons (Fsp3) is 0.267. The lowest BCUT2D eigenvalue weighted by Gasteiger charge is -2.10. The van der Waals surface area contributed by atoms with E-state index in [0.29, 0.717) is 41.5 Å². The van der Waals surface area contributed by atoms with Gasteiger partial charge in [-0.25, -0.2) is 4.98 Å². The highest BCUT2D eigenvalue weighted by atomic mass is 16.4. The average molecular weight is 344 g/mol. The minimum absolute atomic E-state index is 0.268. The number of fused-ring (bicyclic) bond motifs is 1. The Bertz CT molecular complexity index is 902. The van der Waals surface area contributed by atoms with E-state index >= 15 is 0 Å². The van der Waals surface area contributed by atoms with Gasteiger partial charge in [0.1, 0.15) is 23.0 Å². The zero-order valence-electron chi connectivity index (χ0n) is 13.6. The molecule has 10 heteroatoms. The van der Waals surface area contributed by atoms with Crippen LogP contribution in [0.2, 0.25) is 0 Å². The van der Waals surface area contributed by atoms with Crippen molar-refractivity contribution in [3.8, 4) is 11.6 Å². The first-order chi connectivity index (χ1) is 12.2. The van der Waals surface area contributed by atoms with Crippen molar-refractivity contribution in [2.75, 3.05) is 18.9 Å². The number of hydrogen-bond donors (Lipinski definition) is 3. The number of likely N-dealkylation sites (N-methyl/N-ethyl adjacent to an activating group) is 1. The third-order valence-corrected chi connectivity index (χ3v) is 3.40. The lowest BCUT2D eigenvalue weighted by atomic mass is 10.2. The van der Waals surface area contributed by atoms with Gasteiger partial charge in [0.2, 0.25) is 6.41 Å². The van der Waals surface area contributed by atoms with Crippen LogP contribution in [-0.2, 0) is 9.59 Å². The molecule has 25 heavy (non-hydrogen) atoms. The highest BCUT2D eigenvalue weighted by Crippen LogP contribution is 2.26. The van der Waals surface area contributed by atoms with E-state index in [-0.39, 0.29) is 5.89 Å². The SMILES string of the molecule is CCNc1nnc(-c2ccc3oc(C(NC)C(=O)NC=O)cc3n2)o1. The summed E-state index contributed by atoms with van der Waals surface area (Å²) in [5.74, 6) is 0.0776. The van der Waals surface area contributed by atoms with Crippen molar-refractivity contribution in [3.63, 3.8) is 0 Å². The Morgan fingerprint density at radius 2 is 2.16 bits per heavy atom. The van der Waals surface area contributed by atoms with Crippen molar-refractivity contribution >= 4 is 29.4 Å². The molecule has 3 rings (SSSR count). The summed E-state index contributed by atoms with van der Waals surface area (Å²) in [4.78, 5) is 26.8. The number of imide groups is 1. The number of anilines is 1. The van der Waals surface area contributed by atoms with Crippen LogP contribution in [0.5, 0.6) is 0 Å². The normalized spacial score (nSPS) is 12.1. The lowest BCUT2D eigenvalue weighted by Crippen LogP contribution is -2.34. The minimum Gasteiger partial charge on any atom is -0.457 e. The molecule has 3 heterocycles. The monoisotopic (exact) mass is 344 g/mol. The molecule has 0 bridgehead atoms. The van der Waals surface area contributed by atoms with Crippen LogP contribution in [0.1, 0.15) is 18.7 Å². The molecule has 0 saturated heterocycles. The number of amides is 2. The van der Waals surface area contributed by atoms with Gasteiger partial charge in [-0.05, 0) is 26.1 Å². The number of carbonyl (C=O) groups is 2. The molecular formula is C15H16N6O4. The molecule has 0 aromatic carbocycles. The summed E-state index contributed by atoms with van der Waals surface area (Å²) in [6.45, 7) is 2.58. The maximum Gasteiger partial charge on any atom is 0.315 e. The van der Waals surface area contributed by atoms with E-state index in [1.165, 1.54) is 0 Å². The number of rotatable bonds is 7. The van der Waals surface area contributed by atoms with Crippen LogP contribution in [0, 0.1) is 0 Å². The molecule has 3 aromatic rings. The van der Waals surface area contributed by atoms with Crippen molar-refractivity contribution < 1.29 is 18.4 Å². The van der Waals surface area contributed by atoms with Gasteiger partial charge in [0.25, 0.3) is 11.8 Å². The fourth-order valence-corrected chi connectivity index (χ4v) is 2.30. The number of nitrogens with zero attached hydrogens (tertiary/aromatic N) is 3. The van der Waals surface area contributed by atoms with Gasteiger partial charge in [0.05, 0.1) is 0 Å². The Labute approximate surface area is 142 Å². The van der Waals surface area contributed by atoms with Gasteiger partial charge < -0.3 is 19.5 Å². The fourth-order valence-electron chi connectivity index (χ4n) is 2.30. The average Bonchev–Trinajstić information content (AvgIpc) is 3.22. The van der Waals surface area contributed by atoms with Gasteiger partial charge >= 0.3 is 6.01 Å². The number of hydrogen-bond acceptors (Lipinski definition) is 9. The van der Waals surface area contributed by atoms with Crippen LogP contribution in [-0.4, -0.2) is 41.1 Å². The molecule has 1 atom stereocenters. The molecule has 2 amide bonds. The van der Waals surface area contributed by atoms with E-state index in [4.69, 9.17) is 8.83 Å². The van der Waals surface area contributed by atoms with Crippen LogP contribution in [0.25, 0.3) is 22.7 Å². The molecular weight excluding hydrogens is 328 g/mol. The van der Waals surface area contributed by atoms with Gasteiger partial charge in [0.15, 0.2) is 5.58 Å². The highest BCUT2D eigenvalue weighted by Gasteiger charge is 2.23. The molecule has 0 spiro atoms. The first kappa shape index (κ1) is 16.6. The Morgan fingerprint density at radius 1 is 1.32 bits per heavy atom. The van der Waals surface area contributed by atoms with E-state index in [1.807, 2.05) is 6.92 Å². The molecule has 0 fully saturated rings. The third-order valence-electron chi connectivity index (χ3n) is 3.40. The Hall–Kier alpha value is -3.27. The van der Waals surface area contributed by atoms with Gasteiger partial charge in [-0.3, -0.25) is 14.9 Å². The van der Waals surface area contributed by atoms with E-state index in [9.17, 15) is 9.59 Å². The predicted octanol–water partition coefficient (Wildman–Crippen LogP) is 0.843. The van der Waals surface area contributed by atoms with E-state index in [2.05, 4.69) is 31.1 Å². The van der Waals surface area contributed by atoms with Gasteiger partial charge in [0, 0.05) is 12.6 Å². The van der Waals surface area contributed by atoms with Crippen LogP contribution < -0.4 is 16.0 Å². The van der Waals surface area contributed by atoms with E-state index < -0.39 is 11.9 Å². The molecule has 0 aliphatic rings. The smallest absolute Gasteiger partial charge is 0.315 e. The summed E-state index contributed by atoms with van der Waals surface area (Å²) in [7, 11) is 1.59. The molecule has 3 N–H and O–H groups in total. The van der Waals surface area contributed by atoms with Crippen molar-refractivity contribution in [1.82, 2.24) is 25.8 Å². The number of carbonyl (C=O) groups excluding carboxylic acids is 2. The van der Waals surface area contributed by atoms with Gasteiger partial charge in [-0.1, -0.05) is 5.10 Å². The highest BCUT2D eigenvalue weighted by molar-refractivity contribution is 5.91. The second kappa shape index (κ2) is 7.09. The predicted molar refractivity (Wildman–Crippen MR) is 87.5 cm³/mol. The van der Waals surface area contributed by atoms with Gasteiger partial charge in [-0.15, -0.1) is 5.10 Å². The summed E-state index contributed by atoms with van der Waals surface area (Å²) < 4.78 is 11.1. The molecule has 0 aliphatic heterocycles. The summed E-state index contributed by atoms with van der Waals surface area (Å²) in [6, 6.07) is 4.49. The zero-order valence-corrected chi connectivity index (χ0v) is 13.6. The quantitative estimate of drug-likeness (QED) is 0.533. The van der Waals surface area contributed by atoms with Gasteiger partial charge in [-0.2, -0.15) is 0 Å². The Kier molecular flexibility index (Phi) is 4.70. The second-order valence-electron chi connectivity index (χ2n) is 5.02. The number of furan rings is 1. The van der Waals surface area contributed by atoms with E-state index in [0.717, 1.165) is 0 Å². The first-order valence-corrected chi connectivity index (χ1v) is 7.55. The molecule has 0 saturated carbocycles. The van der Waals surface area contributed by atoms with Crippen LogP contribution in [0.15, 0.2) is 27.0 Å². The number of pyridine rings is 1. The van der Waals surface area contributed by atoms with Crippen LogP contribution in [0.3, 0.4) is 0 Å². The standard InChI is InChI=1S/C15H16N6O4/c1-3-17-15-21-20-14(25-15)8-4-5-10-9(19-8)6-11(24-10)12(16-2)13(23)18-7-22/h4-7,12,16H,3H2,1-2H3,(H,17,21)(H,18,22,23). The Morgan fingerprint density at radius 3 is 2.88 bits per heavy atom. The van der Waals surface area contributed by atoms with Crippen molar-refractivity contribution in [2.24, 2.45) is 0 Å². The van der Waals surface area contributed by atoms with Crippen LogP contribution in [0.4, 0.5) is 6.01 Å². The topological polar surface area (TPSA) is 135 Å². The second-order valence-corrected chi connectivity index (χ2v) is 5.02. The van der Waals surface area contributed by atoms with Crippen molar-refractivity contribution in [3.05, 3.63) is 24.0 Å². The summed E-state index contributed by atoms with van der Waals surface area (Å²) >= 11 is 0. The molecule has 0 aliphatic carbocycles. The Balaban J connectivity index is 1.92. The maximum absolute atomic E-state index is 11.9. The molecule has 1 unspecified atom stereocenters. The molecule has 0 radical (unpaired) electrons. The summed E-state index contributed by atoms with van der Waals surface area (Å²) in [5.41, 5.74) is 1.49. The molecule has 10 nitrogen and oxygen atoms in total. The lowest BCUT2D eigenvalue weighted by molar-refractivity contribution is -0.127. The third kappa shape index (κ3) is 3.33. The number of nitrogens with one attached hydrogen (secondary N) is 3. The number of aromatic nitrogens is 3. The van der Waals surface area contributed by atoms with Crippen LogP contribution >= 0.6 is 0 Å². The molecule has 130 valence electrons. The maximum atomic E-state index is 11.9.